The Balaban J connectivity index is 1.33. The van der Waals surface area contributed by atoms with Crippen molar-refractivity contribution < 1.29 is 0 Å². The molecule has 8 nitrogen and oxygen atoms in total. The number of nitrogens with one attached hydrogen (secondary N) is 1. The van der Waals surface area contributed by atoms with Crippen molar-refractivity contribution in [1.29, 1.82) is 0 Å². The lowest BCUT2D eigenvalue weighted by molar-refractivity contribution is 0.787. The summed E-state index contributed by atoms with van der Waals surface area (Å²) < 4.78 is 1.82. The van der Waals surface area contributed by atoms with Gasteiger partial charge in [-0.25, -0.2) is 19.5 Å². The number of pyridine rings is 1. The maximum absolute atomic E-state index is 4.67. The molecule has 1 fully saturated rings. The Morgan fingerprint density at radius 1 is 1.10 bits per heavy atom. The molecular formula is C21H22N8. The topological polar surface area (TPSA) is 84.1 Å². The van der Waals surface area contributed by atoms with E-state index in [-0.39, 0.29) is 0 Å². The fourth-order valence-corrected chi connectivity index (χ4v) is 3.75. The van der Waals surface area contributed by atoms with Crippen molar-refractivity contribution in [3.05, 3.63) is 60.4 Å². The van der Waals surface area contributed by atoms with Gasteiger partial charge in [-0.2, -0.15) is 0 Å². The fraction of sp³-hybridized carbons (Fsp3) is 0.286. The summed E-state index contributed by atoms with van der Waals surface area (Å²) in [4.78, 5) is 20.2. The van der Waals surface area contributed by atoms with Crippen LogP contribution in [-0.4, -0.2) is 48.7 Å². The molecule has 1 aliphatic heterocycles. The van der Waals surface area contributed by atoms with Crippen LogP contribution in [0.2, 0.25) is 0 Å². The van der Waals surface area contributed by atoms with Gasteiger partial charge in [-0.15, -0.1) is 5.10 Å². The Morgan fingerprint density at radius 2 is 2.03 bits per heavy atom. The second-order valence-corrected chi connectivity index (χ2v) is 7.38. The number of hydrogen-bond acceptors (Lipinski definition) is 7. The molecule has 0 radical (unpaired) electrons. The van der Waals surface area contributed by atoms with Gasteiger partial charge >= 0.3 is 0 Å². The van der Waals surface area contributed by atoms with Crippen LogP contribution in [0.4, 0.5) is 11.6 Å². The number of hydrogen-bond donors (Lipinski definition) is 1. The van der Waals surface area contributed by atoms with E-state index < -0.39 is 0 Å². The monoisotopic (exact) mass is 386 g/mol. The zero-order chi connectivity index (χ0) is 19.8. The third kappa shape index (κ3) is 3.61. The number of nitrogens with zero attached hydrogens (tertiary/aromatic N) is 7. The zero-order valence-corrected chi connectivity index (χ0v) is 16.4. The lowest BCUT2D eigenvalue weighted by Gasteiger charge is -2.19. The van der Waals surface area contributed by atoms with Crippen LogP contribution in [0.3, 0.4) is 0 Å². The van der Waals surface area contributed by atoms with E-state index in [4.69, 9.17) is 0 Å². The fourth-order valence-electron chi connectivity index (χ4n) is 3.75. The third-order valence-electron chi connectivity index (χ3n) is 5.09. The van der Waals surface area contributed by atoms with E-state index in [1.54, 1.807) is 6.20 Å². The largest absolute Gasteiger partial charge is 0.364 e. The van der Waals surface area contributed by atoms with Gasteiger partial charge in [0.05, 0.1) is 17.6 Å². The summed E-state index contributed by atoms with van der Waals surface area (Å²) in [6, 6.07) is 10.3. The second-order valence-electron chi connectivity index (χ2n) is 7.38. The minimum atomic E-state index is 0.307. The van der Waals surface area contributed by atoms with Gasteiger partial charge in [0, 0.05) is 43.2 Å². The van der Waals surface area contributed by atoms with Gasteiger partial charge in [-0.05, 0) is 44.5 Å². The quantitative estimate of drug-likeness (QED) is 0.577. The van der Waals surface area contributed by atoms with E-state index in [1.165, 1.54) is 0 Å². The summed E-state index contributed by atoms with van der Waals surface area (Å²) >= 11 is 0. The molecule has 0 unspecified atom stereocenters. The summed E-state index contributed by atoms with van der Waals surface area (Å²) in [6.45, 7) is 5.71. The highest BCUT2D eigenvalue weighted by Crippen LogP contribution is 2.25. The Kier molecular flexibility index (Phi) is 4.31. The molecule has 0 saturated carbocycles. The molecule has 29 heavy (non-hydrogen) atoms. The minimum absolute atomic E-state index is 0.307. The highest BCUT2D eigenvalue weighted by molar-refractivity contribution is 5.62. The van der Waals surface area contributed by atoms with Crippen LogP contribution >= 0.6 is 0 Å². The Morgan fingerprint density at radius 3 is 2.90 bits per heavy atom. The first-order valence-corrected chi connectivity index (χ1v) is 9.75. The van der Waals surface area contributed by atoms with E-state index in [2.05, 4.69) is 35.3 Å². The second kappa shape index (κ2) is 7.12. The molecule has 0 bridgehead atoms. The number of anilines is 2. The Hall–Kier alpha value is -3.55. The number of rotatable bonds is 4. The lowest BCUT2D eigenvalue weighted by Crippen LogP contribution is -2.27. The Bertz CT molecular complexity index is 1150. The van der Waals surface area contributed by atoms with Crippen LogP contribution < -0.4 is 10.2 Å². The summed E-state index contributed by atoms with van der Waals surface area (Å²) in [5.74, 6) is 2.58. The summed E-state index contributed by atoms with van der Waals surface area (Å²) in [6.07, 6.45) is 6.56. The average molecular weight is 386 g/mol. The van der Waals surface area contributed by atoms with E-state index in [0.29, 0.717) is 6.04 Å². The van der Waals surface area contributed by atoms with E-state index >= 15 is 0 Å². The molecule has 5 rings (SSSR count). The van der Waals surface area contributed by atoms with Crippen LogP contribution in [0.5, 0.6) is 0 Å². The summed E-state index contributed by atoms with van der Waals surface area (Å²) in [5, 5.41) is 8.17. The molecule has 0 aliphatic carbocycles. The molecule has 1 saturated heterocycles. The van der Waals surface area contributed by atoms with Crippen LogP contribution in [0.15, 0.2) is 48.9 Å². The SMILES string of the molecule is Cc1cn2nc(N[C@H]3CCN(c4cc(-c5cccnc5)nc(C)n4)C3)ccc2n1. The minimum Gasteiger partial charge on any atom is -0.364 e. The summed E-state index contributed by atoms with van der Waals surface area (Å²) in [5.41, 5.74) is 3.73. The van der Waals surface area contributed by atoms with E-state index in [0.717, 1.165) is 59.6 Å². The van der Waals surface area contributed by atoms with Gasteiger partial charge in [0.25, 0.3) is 0 Å². The molecule has 0 aromatic carbocycles. The molecule has 1 N–H and O–H groups in total. The molecule has 0 amide bonds. The number of aromatic nitrogens is 6. The van der Waals surface area contributed by atoms with Gasteiger partial charge in [0.1, 0.15) is 17.5 Å². The number of aryl methyl sites for hydroxylation is 2. The predicted molar refractivity (Wildman–Crippen MR) is 112 cm³/mol. The molecule has 0 spiro atoms. The van der Waals surface area contributed by atoms with Crippen molar-refractivity contribution in [1.82, 2.24) is 29.5 Å². The normalized spacial score (nSPS) is 16.5. The third-order valence-corrected chi connectivity index (χ3v) is 5.09. The molecule has 146 valence electrons. The van der Waals surface area contributed by atoms with Crippen molar-refractivity contribution in [2.24, 2.45) is 0 Å². The highest BCUT2D eigenvalue weighted by atomic mass is 15.3. The van der Waals surface area contributed by atoms with Crippen LogP contribution in [0.1, 0.15) is 17.9 Å². The van der Waals surface area contributed by atoms with Gasteiger partial charge in [0.2, 0.25) is 0 Å². The van der Waals surface area contributed by atoms with Crippen molar-refractivity contribution in [2.45, 2.75) is 26.3 Å². The van der Waals surface area contributed by atoms with Crippen LogP contribution in [-0.2, 0) is 0 Å². The van der Waals surface area contributed by atoms with Crippen molar-refractivity contribution in [2.75, 3.05) is 23.3 Å². The summed E-state index contributed by atoms with van der Waals surface area (Å²) in [7, 11) is 0. The van der Waals surface area contributed by atoms with Crippen LogP contribution in [0.25, 0.3) is 16.9 Å². The predicted octanol–water partition coefficient (Wildman–Crippen LogP) is 2.89. The molecule has 5 heterocycles. The smallest absolute Gasteiger partial charge is 0.153 e. The zero-order valence-electron chi connectivity index (χ0n) is 16.4. The molecule has 1 atom stereocenters. The van der Waals surface area contributed by atoms with Gasteiger partial charge < -0.3 is 10.2 Å². The first-order chi connectivity index (χ1) is 14.1. The molecule has 4 aromatic heterocycles. The highest BCUT2D eigenvalue weighted by Gasteiger charge is 2.24. The first kappa shape index (κ1) is 17.5. The number of imidazole rings is 1. The van der Waals surface area contributed by atoms with Crippen LogP contribution in [0, 0.1) is 13.8 Å². The van der Waals surface area contributed by atoms with Crippen molar-refractivity contribution in [3.63, 3.8) is 0 Å². The Labute approximate surface area is 168 Å². The first-order valence-electron chi connectivity index (χ1n) is 9.75. The van der Waals surface area contributed by atoms with Gasteiger partial charge in [-0.3, -0.25) is 4.98 Å². The average Bonchev–Trinajstić information content (AvgIpc) is 3.33. The van der Waals surface area contributed by atoms with E-state index in [1.807, 2.05) is 61.1 Å². The molecular weight excluding hydrogens is 364 g/mol. The standard InChI is InChI=1S/C21H22N8/c1-14-12-29-20(23-14)6-5-19(27-29)26-17-7-9-28(13-17)21-10-18(24-15(2)25-21)16-4-3-8-22-11-16/h3-6,8,10-12,17H,7,9,13H2,1-2H3,(H,26,27)/t17-/m0/s1. The lowest BCUT2D eigenvalue weighted by atomic mass is 10.2. The molecule has 4 aromatic rings. The number of fused-ring (bicyclic) bond motifs is 1. The van der Waals surface area contributed by atoms with Crippen molar-refractivity contribution in [3.8, 4) is 11.3 Å². The van der Waals surface area contributed by atoms with Gasteiger partial charge in [0.15, 0.2) is 5.65 Å². The van der Waals surface area contributed by atoms with Gasteiger partial charge in [-0.1, -0.05) is 0 Å². The molecule has 8 heteroatoms. The molecule has 1 aliphatic rings. The maximum Gasteiger partial charge on any atom is 0.153 e. The maximum atomic E-state index is 4.67. The van der Waals surface area contributed by atoms with Crippen molar-refractivity contribution >= 4 is 17.3 Å². The van der Waals surface area contributed by atoms with E-state index in [9.17, 15) is 0 Å².